The molecule has 11 heteroatoms. The van der Waals surface area contributed by atoms with Gasteiger partial charge in [-0.25, -0.2) is 18.3 Å². The van der Waals surface area contributed by atoms with Crippen LogP contribution in [-0.4, -0.2) is 54.8 Å². The minimum atomic E-state index is -1.40. The Labute approximate surface area is 146 Å². The van der Waals surface area contributed by atoms with Gasteiger partial charge in [0.1, 0.15) is 30.9 Å². The average molecular weight is 371 g/mol. The number of aliphatic hydroxyl groups excluding tert-OH is 1. The van der Waals surface area contributed by atoms with Crippen molar-refractivity contribution in [2.75, 3.05) is 13.3 Å². The van der Waals surface area contributed by atoms with E-state index >= 15 is 0 Å². The summed E-state index contributed by atoms with van der Waals surface area (Å²) in [4.78, 5) is 25.1. The van der Waals surface area contributed by atoms with Gasteiger partial charge in [0.2, 0.25) is 0 Å². The summed E-state index contributed by atoms with van der Waals surface area (Å²) >= 11 is 0. The third-order valence-corrected chi connectivity index (χ3v) is 4.24. The molecule has 0 saturated carbocycles. The molecular weight excluding hydrogens is 352 g/mol. The number of nitrogens with zero attached hydrogens (tertiary/aromatic N) is 5. The molecule has 2 aromatic rings. The van der Waals surface area contributed by atoms with Gasteiger partial charge in [0, 0.05) is 18.2 Å². The van der Waals surface area contributed by atoms with Gasteiger partial charge in [0.25, 0.3) is 5.56 Å². The molecule has 0 spiro atoms. The Bertz CT molecular complexity index is 893. The van der Waals surface area contributed by atoms with E-state index in [1.807, 2.05) is 0 Å². The fourth-order valence-corrected chi connectivity index (χ4v) is 2.90. The number of aryl methyl sites for hydroxylation is 2. The summed E-state index contributed by atoms with van der Waals surface area (Å²) in [7, 11) is 0. The van der Waals surface area contributed by atoms with Gasteiger partial charge in [0.15, 0.2) is 0 Å². The lowest BCUT2D eigenvalue weighted by molar-refractivity contribution is -0.0361. The molecule has 2 aromatic heterocycles. The number of ether oxygens (including phenoxy) is 1. The molecule has 0 unspecified atom stereocenters. The first kappa shape index (κ1) is 18.4. The van der Waals surface area contributed by atoms with E-state index < -0.39 is 43.0 Å². The van der Waals surface area contributed by atoms with E-state index in [0.717, 1.165) is 9.13 Å². The molecule has 3 atom stereocenters. The maximum Gasteiger partial charge on any atom is 0.333 e. The van der Waals surface area contributed by atoms with E-state index in [4.69, 9.17) is 9.84 Å². The fourth-order valence-electron chi connectivity index (χ4n) is 2.90. The van der Waals surface area contributed by atoms with Gasteiger partial charge in [-0.1, -0.05) is 5.21 Å². The highest BCUT2D eigenvalue weighted by Gasteiger charge is 2.36. The van der Waals surface area contributed by atoms with Gasteiger partial charge in [-0.2, -0.15) is 0 Å². The van der Waals surface area contributed by atoms with Crippen LogP contribution in [0.4, 0.5) is 8.78 Å². The van der Waals surface area contributed by atoms with Crippen LogP contribution in [0.5, 0.6) is 0 Å². The average Bonchev–Trinajstić information content (AvgIpc) is 3.21. The summed E-state index contributed by atoms with van der Waals surface area (Å²) in [5, 5.41) is 16.6. The second kappa shape index (κ2) is 7.46. The molecule has 1 N–H and O–H groups in total. The molecule has 142 valence electrons. The largest absolute Gasteiger partial charge is 0.394 e. The summed E-state index contributed by atoms with van der Waals surface area (Å²) in [5.41, 5.74) is -0.609. The predicted octanol–water partition coefficient (Wildman–Crippen LogP) is -0.454. The number of rotatable bonds is 6. The lowest BCUT2D eigenvalue weighted by atomic mass is 10.2. The normalized spacial score (nSPS) is 22.8. The highest BCUT2D eigenvalue weighted by molar-refractivity contribution is 5.06. The Kier molecular flexibility index (Phi) is 5.28. The van der Waals surface area contributed by atoms with Crippen molar-refractivity contribution in [3.8, 4) is 0 Å². The van der Waals surface area contributed by atoms with E-state index in [2.05, 4.69) is 10.3 Å². The summed E-state index contributed by atoms with van der Waals surface area (Å²) < 4.78 is 34.9. The van der Waals surface area contributed by atoms with Crippen molar-refractivity contribution >= 4 is 0 Å². The number of hydrogen-bond acceptors (Lipinski definition) is 6. The van der Waals surface area contributed by atoms with Crippen molar-refractivity contribution in [1.29, 1.82) is 0 Å². The molecule has 3 heterocycles. The van der Waals surface area contributed by atoms with Crippen LogP contribution in [0.1, 0.15) is 23.9 Å². The minimum Gasteiger partial charge on any atom is -0.394 e. The van der Waals surface area contributed by atoms with Crippen LogP contribution in [0.2, 0.25) is 0 Å². The van der Waals surface area contributed by atoms with Crippen LogP contribution < -0.4 is 11.2 Å². The number of aliphatic hydroxyl groups is 1. The van der Waals surface area contributed by atoms with Gasteiger partial charge in [-0.3, -0.25) is 13.9 Å². The maximum atomic E-state index is 13.8. The van der Waals surface area contributed by atoms with Crippen molar-refractivity contribution in [1.82, 2.24) is 24.1 Å². The second-order valence-corrected chi connectivity index (χ2v) is 6.12. The third-order valence-electron chi connectivity index (χ3n) is 4.24. The Morgan fingerprint density at radius 1 is 1.38 bits per heavy atom. The molecule has 9 nitrogen and oxygen atoms in total. The highest BCUT2D eigenvalue weighted by Crippen LogP contribution is 2.29. The highest BCUT2D eigenvalue weighted by atomic mass is 19.1. The van der Waals surface area contributed by atoms with Gasteiger partial charge in [0.05, 0.1) is 25.9 Å². The zero-order valence-corrected chi connectivity index (χ0v) is 14.1. The molecule has 1 fully saturated rings. The molecular formula is C15H19F2N5O4. The smallest absolute Gasteiger partial charge is 0.333 e. The quantitative estimate of drug-likeness (QED) is 0.737. The molecule has 0 amide bonds. The summed E-state index contributed by atoms with van der Waals surface area (Å²) in [6.07, 6.45) is -0.661. The molecule has 26 heavy (non-hydrogen) atoms. The van der Waals surface area contributed by atoms with Crippen LogP contribution in [0.15, 0.2) is 22.0 Å². The summed E-state index contributed by atoms with van der Waals surface area (Å²) in [6.45, 7) is 0.287. The van der Waals surface area contributed by atoms with E-state index in [1.54, 1.807) is 0 Å². The molecule has 1 aliphatic rings. The number of aromatic nitrogens is 5. The Hall–Kier alpha value is -2.40. The van der Waals surface area contributed by atoms with E-state index in [9.17, 15) is 18.4 Å². The first-order valence-electron chi connectivity index (χ1n) is 8.12. The van der Waals surface area contributed by atoms with Crippen LogP contribution in [0.3, 0.4) is 0 Å². The van der Waals surface area contributed by atoms with Gasteiger partial charge in [-0.15, -0.1) is 5.10 Å². The van der Waals surface area contributed by atoms with Crippen molar-refractivity contribution < 1.29 is 18.6 Å². The molecule has 0 radical (unpaired) electrons. The first-order chi connectivity index (χ1) is 12.4. The van der Waals surface area contributed by atoms with Crippen molar-refractivity contribution in [2.45, 2.75) is 44.9 Å². The van der Waals surface area contributed by atoms with Crippen molar-refractivity contribution in [3.63, 3.8) is 0 Å². The Morgan fingerprint density at radius 2 is 2.15 bits per heavy atom. The predicted molar refractivity (Wildman–Crippen MR) is 85.3 cm³/mol. The van der Waals surface area contributed by atoms with E-state index in [1.165, 1.54) is 24.0 Å². The number of halogens is 2. The van der Waals surface area contributed by atoms with Crippen LogP contribution in [-0.2, 0) is 17.8 Å². The lowest BCUT2D eigenvalue weighted by Gasteiger charge is -2.17. The standard InChI is InChI=1S/C15H19F2N5O4/c1-9-5-21(13-4-11(17)12(8-23)26-13)15(25)22(14(9)24)7-10-6-20(3-2-16)19-18-10/h5-6,11-13,23H,2-4,7-8H2,1H3/t11-,12+,13+/m0/s1. The monoisotopic (exact) mass is 371 g/mol. The van der Waals surface area contributed by atoms with Gasteiger partial charge >= 0.3 is 5.69 Å². The van der Waals surface area contributed by atoms with E-state index in [-0.39, 0.29) is 25.1 Å². The third kappa shape index (κ3) is 3.44. The molecule has 0 aromatic carbocycles. The molecule has 1 aliphatic heterocycles. The first-order valence-corrected chi connectivity index (χ1v) is 8.12. The van der Waals surface area contributed by atoms with Crippen LogP contribution >= 0.6 is 0 Å². The van der Waals surface area contributed by atoms with Crippen molar-refractivity contribution in [2.24, 2.45) is 0 Å². The second-order valence-electron chi connectivity index (χ2n) is 6.12. The van der Waals surface area contributed by atoms with E-state index in [0.29, 0.717) is 5.69 Å². The maximum absolute atomic E-state index is 13.8. The topological polar surface area (TPSA) is 104 Å². The number of alkyl halides is 2. The Morgan fingerprint density at radius 3 is 2.81 bits per heavy atom. The minimum absolute atomic E-state index is 0.0241. The van der Waals surface area contributed by atoms with Gasteiger partial charge in [-0.05, 0) is 6.92 Å². The molecule has 3 rings (SSSR count). The van der Waals surface area contributed by atoms with Gasteiger partial charge < -0.3 is 9.84 Å². The number of hydrogen-bond donors (Lipinski definition) is 1. The lowest BCUT2D eigenvalue weighted by Crippen LogP contribution is -2.42. The van der Waals surface area contributed by atoms with Crippen molar-refractivity contribution in [3.05, 3.63) is 44.5 Å². The summed E-state index contributed by atoms with van der Waals surface area (Å²) in [5.74, 6) is 0. The summed E-state index contributed by atoms with van der Waals surface area (Å²) in [6, 6.07) is 0. The van der Waals surface area contributed by atoms with Crippen LogP contribution in [0, 0.1) is 6.92 Å². The SMILES string of the molecule is Cc1cn([C@H]2C[C@H](F)[C@@H](CO)O2)c(=O)n(Cc2cn(CCF)nn2)c1=O. The molecule has 0 bridgehead atoms. The molecule has 1 saturated heterocycles. The zero-order valence-electron chi connectivity index (χ0n) is 14.1. The van der Waals surface area contributed by atoms with Crippen LogP contribution in [0.25, 0.3) is 0 Å². The fraction of sp³-hybridized carbons (Fsp3) is 0.600. The zero-order chi connectivity index (χ0) is 18.8. The molecule has 0 aliphatic carbocycles. The Balaban J connectivity index is 1.94.